The van der Waals surface area contributed by atoms with E-state index < -0.39 is 0 Å². The zero-order chi connectivity index (χ0) is 12.6. The quantitative estimate of drug-likeness (QED) is 0.339. The fourth-order valence-electron chi connectivity index (χ4n) is 5.58. The van der Waals surface area contributed by atoms with Crippen LogP contribution >= 0.6 is 0 Å². The lowest BCUT2D eigenvalue weighted by molar-refractivity contribution is -0.0754. The summed E-state index contributed by atoms with van der Waals surface area (Å²) in [6.45, 7) is 0. The normalized spacial score (nSPS) is 42.8. The molecule has 4 bridgehead atoms. The van der Waals surface area contributed by atoms with Crippen molar-refractivity contribution in [2.75, 3.05) is 0 Å². The van der Waals surface area contributed by atoms with Gasteiger partial charge in [-0.05, 0) is 74.5 Å². The molecule has 0 aromatic heterocycles. The smallest absolute Gasteiger partial charge is 0.0267 e. The molecular formula is C16H26N2. The fourth-order valence-corrected chi connectivity index (χ4v) is 5.58. The highest BCUT2D eigenvalue weighted by Gasteiger charge is 2.53. The minimum absolute atomic E-state index is 0.499. The van der Waals surface area contributed by atoms with E-state index in [9.17, 15) is 0 Å². The molecule has 1 atom stereocenters. The van der Waals surface area contributed by atoms with Crippen molar-refractivity contribution in [1.29, 1.82) is 0 Å². The molecule has 0 aromatic carbocycles. The van der Waals surface area contributed by atoms with Gasteiger partial charge in [-0.1, -0.05) is 0 Å². The van der Waals surface area contributed by atoms with Crippen LogP contribution in [0.3, 0.4) is 0 Å². The van der Waals surface area contributed by atoms with Crippen LogP contribution in [0.2, 0.25) is 0 Å². The van der Waals surface area contributed by atoms with Gasteiger partial charge in [-0.25, -0.2) is 0 Å². The van der Waals surface area contributed by atoms with Crippen LogP contribution in [0.15, 0.2) is 0 Å². The number of nitrogens with one attached hydrogen (secondary N) is 1. The SMILES string of the molecule is C#CCCCC(NN)C12CC3CC(CC(C3)C1)C2. The Morgan fingerprint density at radius 3 is 2.17 bits per heavy atom. The van der Waals surface area contributed by atoms with E-state index in [2.05, 4.69) is 11.3 Å². The van der Waals surface area contributed by atoms with Crippen LogP contribution in [0.25, 0.3) is 0 Å². The second-order valence-electron chi connectivity index (χ2n) is 7.10. The minimum Gasteiger partial charge on any atom is -0.271 e. The molecule has 4 fully saturated rings. The first-order valence-electron chi connectivity index (χ1n) is 7.65. The molecule has 0 spiro atoms. The number of hydrogen-bond acceptors (Lipinski definition) is 2. The second-order valence-corrected chi connectivity index (χ2v) is 7.10. The van der Waals surface area contributed by atoms with Gasteiger partial charge in [-0.3, -0.25) is 11.3 Å². The number of terminal acetylenes is 1. The summed E-state index contributed by atoms with van der Waals surface area (Å²) in [5.41, 5.74) is 3.66. The molecule has 0 aromatic rings. The average Bonchev–Trinajstić information content (AvgIpc) is 2.32. The van der Waals surface area contributed by atoms with Crippen molar-refractivity contribution < 1.29 is 0 Å². The van der Waals surface area contributed by atoms with Gasteiger partial charge in [0, 0.05) is 12.5 Å². The third kappa shape index (κ3) is 2.08. The highest BCUT2D eigenvalue weighted by Crippen LogP contribution is 2.61. The molecule has 18 heavy (non-hydrogen) atoms. The number of hydrazine groups is 1. The monoisotopic (exact) mass is 246 g/mol. The molecule has 0 amide bonds. The Labute approximate surface area is 111 Å². The summed E-state index contributed by atoms with van der Waals surface area (Å²) in [5.74, 6) is 11.6. The van der Waals surface area contributed by atoms with Crippen molar-refractivity contribution in [3.8, 4) is 12.3 Å². The van der Waals surface area contributed by atoms with Gasteiger partial charge in [0.2, 0.25) is 0 Å². The molecule has 4 rings (SSSR count). The van der Waals surface area contributed by atoms with Crippen LogP contribution < -0.4 is 11.3 Å². The van der Waals surface area contributed by atoms with Crippen LogP contribution in [0.1, 0.15) is 57.8 Å². The molecular weight excluding hydrogens is 220 g/mol. The summed E-state index contributed by atoms with van der Waals surface area (Å²) in [5, 5.41) is 0. The molecule has 100 valence electrons. The van der Waals surface area contributed by atoms with Gasteiger partial charge in [0.25, 0.3) is 0 Å². The number of rotatable bonds is 5. The van der Waals surface area contributed by atoms with Gasteiger partial charge in [-0.15, -0.1) is 12.3 Å². The first-order valence-corrected chi connectivity index (χ1v) is 7.65. The topological polar surface area (TPSA) is 38.0 Å². The molecule has 0 radical (unpaired) electrons. The van der Waals surface area contributed by atoms with E-state index in [0.29, 0.717) is 11.5 Å². The van der Waals surface area contributed by atoms with Crippen LogP contribution in [0, 0.1) is 35.5 Å². The number of hydrogen-bond donors (Lipinski definition) is 2. The van der Waals surface area contributed by atoms with Gasteiger partial charge in [0.15, 0.2) is 0 Å². The van der Waals surface area contributed by atoms with Crippen LogP contribution in [-0.2, 0) is 0 Å². The van der Waals surface area contributed by atoms with E-state index in [4.69, 9.17) is 12.3 Å². The molecule has 2 nitrogen and oxygen atoms in total. The fraction of sp³-hybridized carbons (Fsp3) is 0.875. The molecule has 4 aliphatic rings. The van der Waals surface area contributed by atoms with Crippen molar-refractivity contribution in [2.45, 2.75) is 63.8 Å². The van der Waals surface area contributed by atoms with E-state index in [1.54, 1.807) is 0 Å². The van der Waals surface area contributed by atoms with Crippen molar-refractivity contribution in [2.24, 2.45) is 29.0 Å². The molecule has 0 saturated heterocycles. The Balaban J connectivity index is 1.71. The highest BCUT2D eigenvalue weighted by molar-refractivity contribution is 5.05. The molecule has 0 heterocycles. The minimum atomic E-state index is 0.499. The first-order chi connectivity index (χ1) is 8.75. The largest absolute Gasteiger partial charge is 0.271 e. The number of nitrogens with two attached hydrogens (primary N) is 1. The summed E-state index contributed by atoms with van der Waals surface area (Å²) in [6.07, 6.45) is 17.3. The van der Waals surface area contributed by atoms with Crippen molar-refractivity contribution in [3.63, 3.8) is 0 Å². The molecule has 4 saturated carbocycles. The third-order valence-corrected chi connectivity index (χ3v) is 5.84. The molecule has 0 aliphatic heterocycles. The van der Waals surface area contributed by atoms with Crippen molar-refractivity contribution in [3.05, 3.63) is 0 Å². The summed E-state index contributed by atoms with van der Waals surface area (Å²) in [6, 6.07) is 0.499. The Morgan fingerprint density at radius 1 is 1.17 bits per heavy atom. The summed E-state index contributed by atoms with van der Waals surface area (Å²) >= 11 is 0. The van der Waals surface area contributed by atoms with E-state index in [-0.39, 0.29) is 0 Å². The van der Waals surface area contributed by atoms with Gasteiger partial charge in [0.05, 0.1) is 0 Å². The van der Waals surface area contributed by atoms with Gasteiger partial charge >= 0.3 is 0 Å². The Morgan fingerprint density at radius 2 is 1.72 bits per heavy atom. The second kappa shape index (κ2) is 4.87. The Kier molecular flexibility index (Phi) is 3.38. The maximum absolute atomic E-state index is 5.87. The lowest BCUT2D eigenvalue weighted by Crippen LogP contribution is -2.57. The summed E-state index contributed by atoms with van der Waals surface area (Å²) in [4.78, 5) is 0. The van der Waals surface area contributed by atoms with Crippen molar-refractivity contribution in [1.82, 2.24) is 5.43 Å². The highest BCUT2D eigenvalue weighted by atomic mass is 15.2. The standard InChI is InChI=1S/C16H26N2/c1-2-3-4-5-15(18-17)16-9-12-6-13(10-16)8-14(7-12)11-16/h1,12-15,18H,3-11,17H2. The maximum Gasteiger partial charge on any atom is 0.0267 e. The van der Waals surface area contributed by atoms with Crippen LogP contribution in [-0.4, -0.2) is 6.04 Å². The lowest BCUT2D eigenvalue weighted by Gasteiger charge is -2.59. The predicted molar refractivity (Wildman–Crippen MR) is 74.4 cm³/mol. The number of unbranched alkanes of at least 4 members (excludes halogenated alkanes) is 1. The average molecular weight is 246 g/mol. The summed E-state index contributed by atoms with van der Waals surface area (Å²) in [7, 11) is 0. The summed E-state index contributed by atoms with van der Waals surface area (Å²) < 4.78 is 0. The van der Waals surface area contributed by atoms with E-state index >= 15 is 0 Å². The molecule has 4 aliphatic carbocycles. The Bertz CT molecular complexity index is 306. The predicted octanol–water partition coefficient (Wildman–Crippen LogP) is 2.84. The maximum atomic E-state index is 5.87. The van der Waals surface area contributed by atoms with Gasteiger partial charge in [0.1, 0.15) is 0 Å². The van der Waals surface area contributed by atoms with Crippen LogP contribution in [0.5, 0.6) is 0 Å². The molecule has 3 N–H and O–H groups in total. The van der Waals surface area contributed by atoms with E-state index in [1.807, 2.05) is 0 Å². The molecule has 1 unspecified atom stereocenters. The van der Waals surface area contributed by atoms with E-state index in [0.717, 1.165) is 37.0 Å². The zero-order valence-corrected chi connectivity index (χ0v) is 11.3. The molecule has 2 heteroatoms. The first kappa shape index (κ1) is 12.5. The lowest BCUT2D eigenvalue weighted by atomic mass is 9.47. The van der Waals surface area contributed by atoms with Crippen LogP contribution in [0.4, 0.5) is 0 Å². The van der Waals surface area contributed by atoms with Gasteiger partial charge in [-0.2, -0.15) is 0 Å². The third-order valence-electron chi connectivity index (χ3n) is 5.84. The van der Waals surface area contributed by atoms with Crippen molar-refractivity contribution >= 4 is 0 Å². The van der Waals surface area contributed by atoms with Gasteiger partial charge < -0.3 is 0 Å². The Hall–Kier alpha value is -0.520. The van der Waals surface area contributed by atoms with E-state index in [1.165, 1.54) is 38.5 Å². The zero-order valence-electron chi connectivity index (χ0n) is 11.3.